The lowest BCUT2D eigenvalue weighted by Crippen LogP contribution is -2.36. The van der Waals surface area contributed by atoms with Gasteiger partial charge < -0.3 is 24.3 Å². The fourth-order valence-electron chi connectivity index (χ4n) is 3.64. The Morgan fingerprint density at radius 3 is 2.79 bits per heavy atom. The number of fused-ring (bicyclic) bond motifs is 2. The van der Waals surface area contributed by atoms with Crippen LogP contribution in [-0.4, -0.2) is 57.1 Å². The fourth-order valence-corrected chi connectivity index (χ4v) is 4.75. The standard InChI is InChI=1S/C20H24F3N7O3S/c1-3-5-12-10-13-15(29-7-8-30-14(11-29)27-28-17(30)20(21,22)23)25-18(26-16(13)34-12)33-9-6-24-19(31)32-4-2/h10H,3-9,11H2,1-2H3,(H,24,31). The number of alkyl halides is 3. The van der Waals surface area contributed by atoms with Crippen molar-refractivity contribution in [2.75, 3.05) is 31.2 Å². The van der Waals surface area contributed by atoms with Gasteiger partial charge in [-0.2, -0.15) is 23.1 Å². The Kier molecular flexibility index (Phi) is 7.05. The molecule has 0 atom stereocenters. The molecule has 1 N–H and O–H groups in total. The lowest BCUT2D eigenvalue weighted by Gasteiger charge is -2.29. The minimum Gasteiger partial charge on any atom is -0.461 e. The molecule has 3 aromatic rings. The van der Waals surface area contributed by atoms with Gasteiger partial charge in [-0.1, -0.05) is 13.3 Å². The van der Waals surface area contributed by atoms with Crippen LogP contribution in [0.2, 0.25) is 0 Å². The second-order valence-corrected chi connectivity index (χ2v) is 8.63. The second kappa shape index (κ2) is 9.99. The van der Waals surface area contributed by atoms with E-state index in [1.165, 1.54) is 11.3 Å². The van der Waals surface area contributed by atoms with Gasteiger partial charge in [0.05, 0.1) is 25.1 Å². The van der Waals surface area contributed by atoms with Crippen LogP contribution in [0, 0.1) is 0 Å². The van der Waals surface area contributed by atoms with E-state index >= 15 is 0 Å². The maximum Gasteiger partial charge on any atom is 0.451 e. The van der Waals surface area contributed by atoms with Gasteiger partial charge in [-0.15, -0.1) is 21.5 Å². The zero-order chi connectivity index (χ0) is 24.3. The maximum absolute atomic E-state index is 13.2. The molecule has 4 rings (SSSR count). The molecule has 0 aromatic carbocycles. The minimum atomic E-state index is -4.56. The van der Waals surface area contributed by atoms with Crippen molar-refractivity contribution < 1.29 is 27.4 Å². The van der Waals surface area contributed by atoms with Crippen LogP contribution >= 0.6 is 11.3 Å². The smallest absolute Gasteiger partial charge is 0.451 e. The molecule has 10 nitrogen and oxygen atoms in total. The lowest BCUT2D eigenvalue weighted by atomic mass is 10.2. The monoisotopic (exact) mass is 499 g/mol. The number of nitrogens with one attached hydrogen (secondary N) is 1. The predicted octanol–water partition coefficient (Wildman–Crippen LogP) is 3.40. The topological polar surface area (TPSA) is 107 Å². The first-order chi connectivity index (χ1) is 16.3. The average Bonchev–Trinajstić information content (AvgIpc) is 3.39. The van der Waals surface area contributed by atoms with Crippen molar-refractivity contribution in [3.8, 4) is 6.01 Å². The molecule has 0 unspecified atom stereocenters. The number of hydrogen-bond acceptors (Lipinski definition) is 9. The van der Waals surface area contributed by atoms with E-state index in [1.54, 1.807) is 6.92 Å². The molecule has 0 saturated heterocycles. The molecule has 1 aliphatic heterocycles. The first-order valence-electron chi connectivity index (χ1n) is 10.9. The van der Waals surface area contributed by atoms with E-state index < -0.39 is 18.1 Å². The van der Waals surface area contributed by atoms with Gasteiger partial charge in [0, 0.05) is 18.0 Å². The third kappa shape index (κ3) is 5.16. The SMILES string of the molecule is CCCc1cc2c(N3CCn4c(nnc4C(F)(F)F)C3)nc(OCCNC(=O)OCC)nc2s1. The molecule has 1 aliphatic rings. The largest absolute Gasteiger partial charge is 0.461 e. The average molecular weight is 500 g/mol. The van der Waals surface area contributed by atoms with Gasteiger partial charge in [0.15, 0.2) is 5.82 Å². The van der Waals surface area contributed by atoms with Crippen LogP contribution < -0.4 is 15.0 Å². The van der Waals surface area contributed by atoms with Gasteiger partial charge in [0.1, 0.15) is 17.3 Å². The molecule has 3 aromatic heterocycles. The highest BCUT2D eigenvalue weighted by atomic mass is 32.1. The molecule has 14 heteroatoms. The molecule has 34 heavy (non-hydrogen) atoms. The fraction of sp³-hybridized carbons (Fsp3) is 0.550. The van der Waals surface area contributed by atoms with Crippen molar-refractivity contribution in [2.24, 2.45) is 0 Å². The van der Waals surface area contributed by atoms with Gasteiger partial charge >= 0.3 is 18.3 Å². The van der Waals surface area contributed by atoms with Crippen molar-refractivity contribution in [1.29, 1.82) is 0 Å². The summed E-state index contributed by atoms with van der Waals surface area (Å²) >= 11 is 1.53. The highest BCUT2D eigenvalue weighted by Crippen LogP contribution is 2.35. The van der Waals surface area contributed by atoms with Crippen LogP contribution in [0.25, 0.3) is 10.2 Å². The molecule has 0 saturated carbocycles. The number of carbonyl (C=O) groups is 1. The molecule has 0 fully saturated rings. The number of anilines is 1. The summed E-state index contributed by atoms with van der Waals surface area (Å²) < 4.78 is 51.2. The summed E-state index contributed by atoms with van der Waals surface area (Å²) in [6.07, 6.45) is -3.26. The summed E-state index contributed by atoms with van der Waals surface area (Å²) in [5, 5.41) is 10.5. The molecule has 0 radical (unpaired) electrons. The van der Waals surface area contributed by atoms with Crippen molar-refractivity contribution in [1.82, 2.24) is 30.0 Å². The van der Waals surface area contributed by atoms with E-state index in [2.05, 4.69) is 32.4 Å². The number of halogens is 3. The number of hydrogen-bond donors (Lipinski definition) is 1. The number of aromatic nitrogens is 5. The van der Waals surface area contributed by atoms with E-state index in [-0.39, 0.29) is 44.7 Å². The Labute approximate surface area is 197 Å². The van der Waals surface area contributed by atoms with Gasteiger partial charge in [-0.3, -0.25) is 0 Å². The van der Waals surface area contributed by atoms with E-state index in [0.29, 0.717) is 12.4 Å². The molecule has 0 spiro atoms. The summed E-state index contributed by atoms with van der Waals surface area (Å²) in [6.45, 7) is 4.88. The van der Waals surface area contributed by atoms with Crippen LogP contribution in [0.15, 0.2) is 6.07 Å². The first kappa shape index (κ1) is 24.0. The number of amides is 1. The number of carbonyl (C=O) groups excluding carboxylic acids is 1. The normalized spacial score (nSPS) is 13.7. The molecule has 0 bridgehead atoms. The second-order valence-electron chi connectivity index (χ2n) is 7.52. The Balaban J connectivity index is 1.58. The molecule has 184 valence electrons. The van der Waals surface area contributed by atoms with Crippen LogP contribution in [0.1, 0.15) is 36.8 Å². The highest BCUT2D eigenvalue weighted by molar-refractivity contribution is 7.18. The van der Waals surface area contributed by atoms with Crippen LogP contribution in [0.4, 0.5) is 23.8 Å². The maximum atomic E-state index is 13.2. The van der Waals surface area contributed by atoms with E-state index in [9.17, 15) is 18.0 Å². The van der Waals surface area contributed by atoms with Gasteiger partial charge in [-0.25, -0.2) is 4.79 Å². The molecule has 4 heterocycles. The Morgan fingerprint density at radius 1 is 1.24 bits per heavy atom. The molecular formula is C20H24F3N7O3S. The Bertz CT molecular complexity index is 1160. The summed E-state index contributed by atoms with van der Waals surface area (Å²) in [5.74, 6) is -0.205. The van der Waals surface area contributed by atoms with E-state index in [0.717, 1.165) is 32.5 Å². The van der Waals surface area contributed by atoms with E-state index in [1.807, 2.05) is 11.0 Å². The summed E-state index contributed by atoms with van der Waals surface area (Å²) in [6, 6.07) is 2.15. The van der Waals surface area contributed by atoms with Gasteiger partial charge in [0.2, 0.25) is 5.82 Å². The molecule has 0 aliphatic carbocycles. The summed E-state index contributed by atoms with van der Waals surface area (Å²) in [4.78, 5) is 24.2. The minimum absolute atomic E-state index is 0.0777. The van der Waals surface area contributed by atoms with E-state index in [4.69, 9.17) is 9.47 Å². The van der Waals surface area contributed by atoms with Crippen molar-refractivity contribution in [3.05, 3.63) is 22.6 Å². The van der Waals surface area contributed by atoms with Crippen LogP contribution in [0.3, 0.4) is 0 Å². The lowest BCUT2D eigenvalue weighted by molar-refractivity contribution is -0.147. The number of rotatable bonds is 8. The number of thiophene rings is 1. The number of ether oxygens (including phenoxy) is 2. The van der Waals surface area contributed by atoms with Crippen LogP contribution in [-0.2, 0) is 30.4 Å². The third-order valence-corrected chi connectivity index (χ3v) is 6.17. The number of alkyl carbamates (subject to hydrolysis) is 1. The zero-order valence-corrected chi connectivity index (χ0v) is 19.5. The first-order valence-corrected chi connectivity index (χ1v) is 11.7. The van der Waals surface area contributed by atoms with Crippen molar-refractivity contribution >= 4 is 33.5 Å². The summed E-state index contributed by atoms with van der Waals surface area (Å²) in [5.41, 5.74) is 0. The van der Waals surface area contributed by atoms with Crippen molar-refractivity contribution in [3.63, 3.8) is 0 Å². The number of aryl methyl sites for hydroxylation is 1. The van der Waals surface area contributed by atoms with Crippen molar-refractivity contribution in [2.45, 2.75) is 46.0 Å². The highest BCUT2D eigenvalue weighted by Gasteiger charge is 2.39. The molecular weight excluding hydrogens is 475 g/mol. The Morgan fingerprint density at radius 2 is 2.06 bits per heavy atom. The zero-order valence-electron chi connectivity index (χ0n) is 18.7. The van der Waals surface area contributed by atoms with Gasteiger partial charge in [0.25, 0.3) is 0 Å². The summed E-state index contributed by atoms with van der Waals surface area (Å²) in [7, 11) is 0. The van der Waals surface area contributed by atoms with Gasteiger partial charge in [-0.05, 0) is 19.4 Å². The predicted molar refractivity (Wildman–Crippen MR) is 118 cm³/mol. The van der Waals surface area contributed by atoms with Crippen LogP contribution in [0.5, 0.6) is 6.01 Å². The quantitative estimate of drug-likeness (QED) is 0.470. The molecule has 1 amide bonds. The number of nitrogens with zero attached hydrogens (tertiary/aromatic N) is 6. The third-order valence-electron chi connectivity index (χ3n) is 5.08. The Hall–Kier alpha value is -3.16.